The van der Waals surface area contributed by atoms with Crippen LogP contribution in [0.5, 0.6) is 5.75 Å². The molecule has 0 unspecified atom stereocenters. The number of hydrogen-bond acceptors (Lipinski definition) is 4. The molecule has 0 atom stereocenters. The standard InChI is InChI=1S/C13H16N2O4S/c1-19-13-7-4-10(3-2-8-16)9-12(13)15-20(17,18)14-11-5-6-11/h4,7,9,11,14-16H,5-6,8H2,1H3. The van der Waals surface area contributed by atoms with Gasteiger partial charge in [-0.2, -0.15) is 13.1 Å². The highest BCUT2D eigenvalue weighted by molar-refractivity contribution is 7.90. The van der Waals surface area contributed by atoms with E-state index in [0.29, 0.717) is 17.0 Å². The number of aliphatic hydroxyl groups excluding tert-OH is 1. The minimum absolute atomic E-state index is 0.0239. The first-order chi connectivity index (χ1) is 9.54. The zero-order valence-corrected chi connectivity index (χ0v) is 11.8. The zero-order chi connectivity index (χ0) is 14.6. The summed E-state index contributed by atoms with van der Waals surface area (Å²) in [6.07, 6.45) is 1.72. The van der Waals surface area contributed by atoms with E-state index in [4.69, 9.17) is 9.84 Å². The van der Waals surface area contributed by atoms with Crippen molar-refractivity contribution < 1.29 is 18.3 Å². The van der Waals surface area contributed by atoms with Gasteiger partial charge in [0.05, 0.1) is 12.8 Å². The van der Waals surface area contributed by atoms with Gasteiger partial charge in [0, 0.05) is 11.6 Å². The summed E-state index contributed by atoms with van der Waals surface area (Å²) in [7, 11) is -2.16. The molecule has 3 N–H and O–H groups in total. The third kappa shape index (κ3) is 4.13. The van der Waals surface area contributed by atoms with Gasteiger partial charge in [-0.3, -0.25) is 4.72 Å². The van der Waals surface area contributed by atoms with Gasteiger partial charge in [0.25, 0.3) is 10.2 Å². The molecule has 0 aliphatic heterocycles. The van der Waals surface area contributed by atoms with Crippen LogP contribution in [0.15, 0.2) is 18.2 Å². The van der Waals surface area contributed by atoms with Crippen molar-refractivity contribution in [2.24, 2.45) is 0 Å². The lowest BCUT2D eigenvalue weighted by Gasteiger charge is -2.12. The molecule has 0 spiro atoms. The molecule has 1 aliphatic carbocycles. The Labute approximate surface area is 118 Å². The molecule has 0 amide bonds. The van der Waals surface area contributed by atoms with E-state index in [-0.39, 0.29) is 12.6 Å². The lowest BCUT2D eigenvalue weighted by atomic mass is 10.2. The van der Waals surface area contributed by atoms with Crippen LogP contribution in [0.3, 0.4) is 0 Å². The van der Waals surface area contributed by atoms with Crippen LogP contribution in [0.25, 0.3) is 0 Å². The number of methoxy groups -OCH3 is 1. The highest BCUT2D eigenvalue weighted by atomic mass is 32.2. The molecule has 7 heteroatoms. The van der Waals surface area contributed by atoms with E-state index in [1.807, 2.05) is 0 Å². The van der Waals surface area contributed by atoms with Gasteiger partial charge in [0.2, 0.25) is 0 Å². The summed E-state index contributed by atoms with van der Waals surface area (Å²) in [5, 5.41) is 8.67. The van der Waals surface area contributed by atoms with E-state index < -0.39 is 10.2 Å². The van der Waals surface area contributed by atoms with Crippen LogP contribution in [-0.4, -0.2) is 33.3 Å². The Morgan fingerprint density at radius 3 is 2.80 bits per heavy atom. The smallest absolute Gasteiger partial charge is 0.299 e. The van der Waals surface area contributed by atoms with Gasteiger partial charge < -0.3 is 9.84 Å². The Morgan fingerprint density at radius 1 is 1.45 bits per heavy atom. The number of rotatable bonds is 5. The van der Waals surface area contributed by atoms with Crippen molar-refractivity contribution in [2.75, 3.05) is 18.4 Å². The third-order valence-corrected chi connectivity index (χ3v) is 3.79. The highest BCUT2D eigenvalue weighted by Crippen LogP contribution is 2.27. The first-order valence-electron chi connectivity index (χ1n) is 6.12. The van der Waals surface area contributed by atoms with Gasteiger partial charge in [-0.25, -0.2) is 0 Å². The number of aliphatic hydroxyl groups is 1. The summed E-state index contributed by atoms with van der Waals surface area (Å²) >= 11 is 0. The van der Waals surface area contributed by atoms with Gasteiger partial charge in [-0.15, -0.1) is 0 Å². The quantitative estimate of drug-likeness (QED) is 0.688. The average Bonchev–Trinajstić information content (AvgIpc) is 3.19. The van der Waals surface area contributed by atoms with E-state index in [1.54, 1.807) is 18.2 Å². The molecule has 1 aromatic carbocycles. The Hall–Kier alpha value is -1.75. The monoisotopic (exact) mass is 296 g/mol. The second kappa shape index (κ2) is 6.13. The SMILES string of the molecule is COc1ccc(C#CCO)cc1NS(=O)(=O)NC1CC1. The third-order valence-electron chi connectivity index (χ3n) is 2.65. The van der Waals surface area contributed by atoms with Crippen LogP contribution >= 0.6 is 0 Å². The van der Waals surface area contributed by atoms with Crippen molar-refractivity contribution in [1.82, 2.24) is 4.72 Å². The summed E-state index contributed by atoms with van der Waals surface area (Å²) in [5.41, 5.74) is 0.898. The van der Waals surface area contributed by atoms with Crippen molar-refractivity contribution in [3.63, 3.8) is 0 Å². The second-order valence-electron chi connectivity index (χ2n) is 4.37. The van der Waals surface area contributed by atoms with Crippen LogP contribution in [0, 0.1) is 11.8 Å². The van der Waals surface area contributed by atoms with Crippen LogP contribution < -0.4 is 14.2 Å². The van der Waals surface area contributed by atoms with Gasteiger partial charge >= 0.3 is 0 Å². The largest absolute Gasteiger partial charge is 0.495 e. The maximum absolute atomic E-state index is 11.9. The fourth-order valence-electron chi connectivity index (χ4n) is 1.60. The lowest BCUT2D eigenvalue weighted by Crippen LogP contribution is -2.31. The van der Waals surface area contributed by atoms with Crippen LogP contribution in [0.1, 0.15) is 18.4 Å². The normalized spacial score (nSPS) is 14.3. The minimum Gasteiger partial charge on any atom is -0.495 e. The zero-order valence-electron chi connectivity index (χ0n) is 11.0. The van der Waals surface area contributed by atoms with Gasteiger partial charge in [0.1, 0.15) is 12.4 Å². The first-order valence-corrected chi connectivity index (χ1v) is 7.60. The minimum atomic E-state index is -3.62. The fraction of sp³-hybridized carbons (Fsp3) is 0.385. The van der Waals surface area contributed by atoms with Crippen molar-refractivity contribution in [3.8, 4) is 17.6 Å². The Kier molecular flexibility index (Phi) is 4.49. The summed E-state index contributed by atoms with van der Waals surface area (Å²) in [6.45, 7) is -0.254. The van der Waals surface area contributed by atoms with E-state index in [1.165, 1.54) is 7.11 Å². The van der Waals surface area contributed by atoms with Gasteiger partial charge in [-0.1, -0.05) is 11.8 Å². The Balaban J connectivity index is 2.23. The summed E-state index contributed by atoms with van der Waals surface area (Å²) in [6, 6.07) is 4.90. The molecule has 0 aromatic heterocycles. The molecule has 0 heterocycles. The predicted molar refractivity (Wildman–Crippen MR) is 75.7 cm³/mol. The fourth-order valence-corrected chi connectivity index (χ4v) is 2.78. The molecule has 1 saturated carbocycles. The highest BCUT2D eigenvalue weighted by Gasteiger charge is 2.27. The molecule has 1 aliphatic rings. The van der Waals surface area contributed by atoms with Gasteiger partial charge in [-0.05, 0) is 31.0 Å². The number of nitrogens with one attached hydrogen (secondary N) is 2. The number of hydrogen-bond donors (Lipinski definition) is 3. The summed E-state index contributed by atoms with van der Waals surface area (Å²) in [5.74, 6) is 5.62. The summed E-state index contributed by atoms with van der Waals surface area (Å²) < 4.78 is 33.9. The van der Waals surface area contributed by atoms with Crippen LogP contribution in [0.4, 0.5) is 5.69 Å². The molecule has 108 valence electrons. The molecular formula is C13H16N2O4S. The predicted octanol–water partition coefficient (Wildman–Crippen LogP) is 0.448. The van der Waals surface area contributed by atoms with Crippen molar-refractivity contribution in [2.45, 2.75) is 18.9 Å². The second-order valence-corrected chi connectivity index (χ2v) is 5.82. The molecule has 20 heavy (non-hydrogen) atoms. The van der Waals surface area contributed by atoms with Crippen LogP contribution in [-0.2, 0) is 10.2 Å². The van der Waals surface area contributed by atoms with E-state index in [9.17, 15) is 8.42 Å². The first kappa shape index (κ1) is 14.7. The molecule has 1 aromatic rings. The number of anilines is 1. The molecule has 0 bridgehead atoms. The van der Waals surface area contributed by atoms with Crippen molar-refractivity contribution >= 4 is 15.9 Å². The van der Waals surface area contributed by atoms with Gasteiger partial charge in [0.15, 0.2) is 0 Å². The van der Waals surface area contributed by atoms with E-state index in [0.717, 1.165) is 12.8 Å². The molecule has 2 rings (SSSR count). The summed E-state index contributed by atoms with van der Waals surface area (Å²) in [4.78, 5) is 0. The molecule has 6 nitrogen and oxygen atoms in total. The molecule has 0 radical (unpaired) electrons. The number of benzene rings is 1. The maximum Gasteiger partial charge on any atom is 0.299 e. The van der Waals surface area contributed by atoms with E-state index in [2.05, 4.69) is 21.3 Å². The van der Waals surface area contributed by atoms with Crippen molar-refractivity contribution in [3.05, 3.63) is 23.8 Å². The molecule has 1 fully saturated rings. The Bertz CT molecular complexity index is 642. The van der Waals surface area contributed by atoms with Crippen LogP contribution in [0.2, 0.25) is 0 Å². The molecular weight excluding hydrogens is 280 g/mol. The number of ether oxygens (including phenoxy) is 1. The van der Waals surface area contributed by atoms with E-state index >= 15 is 0 Å². The lowest BCUT2D eigenvalue weighted by molar-refractivity contribution is 0.350. The average molecular weight is 296 g/mol. The maximum atomic E-state index is 11.9. The topological polar surface area (TPSA) is 87.7 Å². The molecule has 0 saturated heterocycles. The Morgan fingerprint density at radius 2 is 2.20 bits per heavy atom. The van der Waals surface area contributed by atoms with Crippen molar-refractivity contribution in [1.29, 1.82) is 0 Å².